The Bertz CT molecular complexity index is 1500. The van der Waals surface area contributed by atoms with Crippen molar-refractivity contribution in [1.29, 1.82) is 0 Å². The summed E-state index contributed by atoms with van der Waals surface area (Å²) in [6, 6.07) is 4.56. The van der Waals surface area contributed by atoms with Crippen LogP contribution in [0.4, 0.5) is 19.0 Å². The van der Waals surface area contributed by atoms with Crippen molar-refractivity contribution < 1.29 is 13.2 Å². The summed E-state index contributed by atoms with van der Waals surface area (Å²) in [6.07, 6.45) is 2.09. The smallest absolute Gasteiger partial charge is 0.274 e. The van der Waals surface area contributed by atoms with Crippen LogP contribution in [0.15, 0.2) is 35.3 Å². The van der Waals surface area contributed by atoms with Crippen LogP contribution in [0.5, 0.6) is 0 Å². The van der Waals surface area contributed by atoms with Crippen LogP contribution in [0.3, 0.4) is 0 Å². The van der Waals surface area contributed by atoms with Gasteiger partial charge in [0.15, 0.2) is 23.1 Å². The number of aromatic nitrogens is 4. The SMILES string of the molecule is Cc1cc(=O)n2nc(N3CCc4ncc(-c5cc(F)c(F)cc5F)cc4C3)c(C)c(C)c2n1. The van der Waals surface area contributed by atoms with Gasteiger partial charge in [0.25, 0.3) is 5.56 Å². The fraction of sp³-hybridized carbons (Fsp3) is 0.250. The molecule has 0 amide bonds. The number of hydrogen-bond donors (Lipinski definition) is 0. The van der Waals surface area contributed by atoms with Crippen molar-refractivity contribution in [3.63, 3.8) is 0 Å². The largest absolute Gasteiger partial charge is 0.350 e. The summed E-state index contributed by atoms with van der Waals surface area (Å²) < 4.78 is 42.7. The number of nitrogens with zero attached hydrogens (tertiary/aromatic N) is 5. The lowest BCUT2D eigenvalue weighted by atomic mass is 9.99. The summed E-state index contributed by atoms with van der Waals surface area (Å²) in [6.45, 7) is 6.67. The molecule has 0 N–H and O–H groups in total. The van der Waals surface area contributed by atoms with Gasteiger partial charge >= 0.3 is 0 Å². The number of fused-ring (bicyclic) bond motifs is 2. The van der Waals surface area contributed by atoms with Crippen LogP contribution in [0, 0.1) is 38.2 Å². The van der Waals surface area contributed by atoms with Crippen LogP contribution >= 0.6 is 0 Å². The second-order valence-corrected chi connectivity index (χ2v) is 8.29. The Morgan fingerprint density at radius 3 is 2.48 bits per heavy atom. The molecule has 3 aromatic heterocycles. The van der Waals surface area contributed by atoms with Gasteiger partial charge in [0, 0.05) is 71.5 Å². The number of aryl methyl sites for hydroxylation is 2. The molecule has 0 fully saturated rings. The summed E-state index contributed by atoms with van der Waals surface area (Å²) in [7, 11) is 0. The molecule has 168 valence electrons. The van der Waals surface area contributed by atoms with Gasteiger partial charge < -0.3 is 4.90 Å². The Morgan fingerprint density at radius 1 is 0.939 bits per heavy atom. The fourth-order valence-corrected chi connectivity index (χ4v) is 4.23. The van der Waals surface area contributed by atoms with E-state index in [0.717, 1.165) is 28.5 Å². The summed E-state index contributed by atoms with van der Waals surface area (Å²) in [5.41, 5.74) is 4.67. The number of anilines is 1. The minimum atomic E-state index is -1.23. The molecule has 0 aliphatic carbocycles. The third-order valence-electron chi connectivity index (χ3n) is 6.11. The van der Waals surface area contributed by atoms with Crippen LogP contribution in [-0.2, 0) is 13.0 Å². The van der Waals surface area contributed by atoms with E-state index in [-0.39, 0.29) is 11.1 Å². The first kappa shape index (κ1) is 21.1. The molecular weight excluding hydrogens is 431 g/mol. The zero-order valence-electron chi connectivity index (χ0n) is 18.3. The summed E-state index contributed by atoms with van der Waals surface area (Å²) >= 11 is 0. The van der Waals surface area contributed by atoms with E-state index in [0.29, 0.717) is 48.3 Å². The van der Waals surface area contributed by atoms with Crippen molar-refractivity contribution in [1.82, 2.24) is 19.6 Å². The zero-order chi connectivity index (χ0) is 23.4. The van der Waals surface area contributed by atoms with E-state index in [1.165, 1.54) is 16.8 Å². The van der Waals surface area contributed by atoms with Crippen molar-refractivity contribution in [3.8, 4) is 11.1 Å². The highest BCUT2D eigenvalue weighted by Gasteiger charge is 2.23. The monoisotopic (exact) mass is 451 g/mol. The first-order valence-corrected chi connectivity index (χ1v) is 10.5. The lowest BCUT2D eigenvalue weighted by Gasteiger charge is -2.31. The molecule has 0 atom stereocenters. The standard InChI is InChI=1S/C24H20F3N5O/c1-12-6-22(33)32-23(29-12)13(2)14(3)24(30-32)31-5-4-21-16(11-31)7-15(10-28-21)17-8-19(26)20(27)9-18(17)25/h6-10H,4-5,11H2,1-3H3. The van der Waals surface area contributed by atoms with Crippen molar-refractivity contribution in [2.45, 2.75) is 33.7 Å². The molecule has 4 heterocycles. The third kappa shape index (κ3) is 3.53. The van der Waals surface area contributed by atoms with Crippen LogP contribution in [0.25, 0.3) is 16.8 Å². The highest BCUT2D eigenvalue weighted by molar-refractivity contribution is 5.65. The average Bonchev–Trinajstić information content (AvgIpc) is 2.78. The van der Waals surface area contributed by atoms with Crippen molar-refractivity contribution in [3.05, 3.63) is 86.3 Å². The van der Waals surface area contributed by atoms with Crippen LogP contribution < -0.4 is 10.5 Å². The van der Waals surface area contributed by atoms with Gasteiger partial charge in [-0.1, -0.05) is 0 Å². The van der Waals surface area contributed by atoms with Gasteiger partial charge in [0.2, 0.25) is 0 Å². The predicted octanol–water partition coefficient (Wildman–Crippen LogP) is 4.06. The van der Waals surface area contributed by atoms with E-state index >= 15 is 0 Å². The summed E-state index contributed by atoms with van der Waals surface area (Å²) in [5, 5.41) is 4.58. The van der Waals surface area contributed by atoms with Crippen LogP contribution in [-0.4, -0.2) is 26.1 Å². The van der Waals surface area contributed by atoms with E-state index in [4.69, 9.17) is 0 Å². The molecule has 1 aromatic carbocycles. The molecule has 9 heteroatoms. The van der Waals surface area contributed by atoms with E-state index in [2.05, 4.69) is 15.1 Å². The minimum Gasteiger partial charge on any atom is -0.350 e. The van der Waals surface area contributed by atoms with E-state index in [1.807, 2.05) is 18.7 Å². The lowest BCUT2D eigenvalue weighted by Crippen LogP contribution is -2.34. The molecule has 4 aromatic rings. The molecule has 0 radical (unpaired) electrons. The maximum absolute atomic E-state index is 14.3. The molecule has 33 heavy (non-hydrogen) atoms. The van der Waals surface area contributed by atoms with E-state index in [1.54, 1.807) is 13.0 Å². The highest BCUT2D eigenvalue weighted by atomic mass is 19.2. The first-order chi connectivity index (χ1) is 15.7. The normalized spacial score (nSPS) is 13.5. The van der Waals surface area contributed by atoms with E-state index < -0.39 is 17.5 Å². The van der Waals surface area contributed by atoms with Crippen molar-refractivity contribution in [2.24, 2.45) is 0 Å². The quantitative estimate of drug-likeness (QED) is 0.430. The lowest BCUT2D eigenvalue weighted by molar-refractivity contribution is 0.496. The maximum atomic E-state index is 14.3. The number of rotatable bonds is 2. The Labute approximate surface area is 187 Å². The molecule has 6 nitrogen and oxygen atoms in total. The second kappa shape index (κ2) is 7.68. The van der Waals surface area contributed by atoms with Crippen molar-refractivity contribution >= 4 is 11.5 Å². The second-order valence-electron chi connectivity index (χ2n) is 8.29. The first-order valence-electron chi connectivity index (χ1n) is 10.5. The van der Waals surface area contributed by atoms with Gasteiger partial charge in [0.1, 0.15) is 5.82 Å². The van der Waals surface area contributed by atoms with Crippen LogP contribution in [0.2, 0.25) is 0 Å². The number of pyridine rings is 1. The van der Waals surface area contributed by atoms with Gasteiger partial charge in [0.05, 0.1) is 0 Å². The summed E-state index contributed by atoms with van der Waals surface area (Å²) in [5.74, 6) is -2.55. The Hall–Kier alpha value is -3.75. The number of benzene rings is 1. The third-order valence-corrected chi connectivity index (χ3v) is 6.11. The Morgan fingerprint density at radius 2 is 1.70 bits per heavy atom. The van der Waals surface area contributed by atoms with Crippen LogP contribution in [0.1, 0.15) is 28.1 Å². The topological polar surface area (TPSA) is 63.4 Å². The van der Waals surface area contributed by atoms with E-state index in [9.17, 15) is 18.0 Å². The molecular formula is C24H20F3N5O. The molecule has 1 aliphatic rings. The van der Waals surface area contributed by atoms with Gasteiger partial charge in [-0.15, -0.1) is 5.10 Å². The minimum absolute atomic E-state index is 0.0508. The van der Waals surface area contributed by atoms with Gasteiger partial charge in [-0.05, 0) is 38.5 Å². The molecule has 0 bridgehead atoms. The molecule has 0 spiro atoms. The van der Waals surface area contributed by atoms with Crippen molar-refractivity contribution in [2.75, 3.05) is 11.4 Å². The Balaban J connectivity index is 1.56. The predicted molar refractivity (Wildman–Crippen MR) is 118 cm³/mol. The van der Waals surface area contributed by atoms with Gasteiger partial charge in [-0.25, -0.2) is 18.2 Å². The maximum Gasteiger partial charge on any atom is 0.274 e. The average molecular weight is 451 g/mol. The molecule has 0 unspecified atom stereocenters. The fourth-order valence-electron chi connectivity index (χ4n) is 4.23. The van der Waals surface area contributed by atoms with Gasteiger partial charge in [-0.2, -0.15) is 4.52 Å². The number of halogens is 3. The zero-order valence-corrected chi connectivity index (χ0v) is 18.3. The van der Waals surface area contributed by atoms with Gasteiger partial charge in [-0.3, -0.25) is 9.78 Å². The molecule has 0 saturated heterocycles. The highest BCUT2D eigenvalue weighted by Crippen LogP contribution is 2.31. The Kier molecular flexibility index (Phi) is 4.92. The molecule has 1 aliphatic heterocycles. The number of hydrogen-bond acceptors (Lipinski definition) is 5. The molecule has 0 saturated carbocycles. The summed E-state index contributed by atoms with van der Waals surface area (Å²) in [4.78, 5) is 23.5. The molecule has 5 rings (SSSR count).